The molecule has 2 aromatic rings. The van der Waals surface area contributed by atoms with Crippen LogP contribution in [0.5, 0.6) is 0 Å². The van der Waals surface area contributed by atoms with Crippen molar-refractivity contribution in [2.45, 2.75) is 53.6 Å². The molecule has 0 aliphatic heterocycles. The summed E-state index contributed by atoms with van der Waals surface area (Å²) in [7, 11) is 0. The lowest BCUT2D eigenvalue weighted by atomic mass is 10.0. The molecule has 134 valence electrons. The number of hydrogen-bond donors (Lipinski definition) is 2. The van der Waals surface area contributed by atoms with Crippen LogP contribution in [0.3, 0.4) is 0 Å². The Bertz CT molecular complexity index is 778. The third kappa shape index (κ3) is 4.26. The third-order valence-corrected chi connectivity index (χ3v) is 4.29. The SMILES string of the molecule is CCn1nc(C)c(CNC(=O)C(=O)Nc2ccccc2C(C)C)c1C. The lowest BCUT2D eigenvalue weighted by Gasteiger charge is -2.13. The van der Waals surface area contributed by atoms with Gasteiger partial charge in [0.15, 0.2) is 0 Å². The second-order valence-corrected chi connectivity index (χ2v) is 6.34. The Kier molecular flexibility index (Phi) is 5.96. The standard InChI is InChI=1S/C19H26N4O2/c1-6-23-14(5)16(13(4)22-23)11-20-18(24)19(25)21-17-10-8-7-9-15(17)12(2)3/h7-10,12H,6,11H2,1-5H3,(H,20,24)(H,21,25). The number of rotatable bonds is 5. The van der Waals surface area contributed by atoms with Crippen molar-refractivity contribution in [3.05, 3.63) is 46.8 Å². The van der Waals surface area contributed by atoms with Crippen LogP contribution in [-0.2, 0) is 22.7 Å². The molecule has 0 aliphatic rings. The molecule has 0 saturated carbocycles. The number of nitrogens with one attached hydrogen (secondary N) is 2. The second kappa shape index (κ2) is 7.96. The summed E-state index contributed by atoms with van der Waals surface area (Å²) < 4.78 is 1.88. The zero-order valence-electron chi connectivity index (χ0n) is 15.5. The van der Waals surface area contributed by atoms with E-state index in [0.717, 1.165) is 29.1 Å². The molecule has 0 bridgehead atoms. The number of aromatic nitrogens is 2. The first-order chi connectivity index (χ1) is 11.8. The first-order valence-electron chi connectivity index (χ1n) is 8.56. The van der Waals surface area contributed by atoms with Crippen molar-refractivity contribution in [2.75, 3.05) is 5.32 Å². The number of amides is 2. The van der Waals surface area contributed by atoms with Crippen LogP contribution in [0.4, 0.5) is 5.69 Å². The molecule has 2 amide bonds. The first kappa shape index (κ1) is 18.7. The summed E-state index contributed by atoms with van der Waals surface area (Å²) in [5.74, 6) is -1.06. The van der Waals surface area contributed by atoms with E-state index in [2.05, 4.69) is 15.7 Å². The number of aryl methyl sites for hydroxylation is 2. The topological polar surface area (TPSA) is 76.0 Å². The Morgan fingerprint density at radius 3 is 2.44 bits per heavy atom. The zero-order valence-corrected chi connectivity index (χ0v) is 15.5. The summed E-state index contributed by atoms with van der Waals surface area (Å²) in [6.07, 6.45) is 0. The van der Waals surface area contributed by atoms with E-state index in [9.17, 15) is 9.59 Å². The van der Waals surface area contributed by atoms with E-state index in [-0.39, 0.29) is 12.5 Å². The van der Waals surface area contributed by atoms with Gasteiger partial charge in [-0.2, -0.15) is 5.10 Å². The van der Waals surface area contributed by atoms with E-state index < -0.39 is 11.8 Å². The molecule has 0 aliphatic carbocycles. The van der Waals surface area contributed by atoms with Crippen molar-refractivity contribution in [3.63, 3.8) is 0 Å². The van der Waals surface area contributed by atoms with Crippen LogP contribution in [0, 0.1) is 13.8 Å². The zero-order chi connectivity index (χ0) is 18.6. The maximum atomic E-state index is 12.2. The van der Waals surface area contributed by atoms with E-state index >= 15 is 0 Å². The molecule has 1 heterocycles. The summed E-state index contributed by atoms with van der Waals surface area (Å²) in [5, 5.41) is 9.80. The number of carbonyl (C=O) groups is 2. The van der Waals surface area contributed by atoms with E-state index in [4.69, 9.17) is 0 Å². The van der Waals surface area contributed by atoms with Gasteiger partial charge in [0.2, 0.25) is 0 Å². The summed E-state index contributed by atoms with van der Waals surface area (Å²) in [6, 6.07) is 7.51. The monoisotopic (exact) mass is 342 g/mol. The molecule has 25 heavy (non-hydrogen) atoms. The van der Waals surface area contributed by atoms with Crippen molar-refractivity contribution in [3.8, 4) is 0 Å². The maximum absolute atomic E-state index is 12.2. The van der Waals surface area contributed by atoms with Crippen molar-refractivity contribution in [1.82, 2.24) is 15.1 Å². The smallest absolute Gasteiger partial charge is 0.313 e. The maximum Gasteiger partial charge on any atom is 0.313 e. The number of para-hydroxylation sites is 1. The Labute approximate surface area is 148 Å². The average molecular weight is 342 g/mol. The Balaban J connectivity index is 2.02. The van der Waals surface area contributed by atoms with E-state index in [0.29, 0.717) is 5.69 Å². The molecular weight excluding hydrogens is 316 g/mol. The largest absolute Gasteiger partial charge is 0.344 e. The van der Waals surface area contributed by atoms with Gasteiger partial charge < -0.3 is 10.6 Å². The minimum absolute atomic E-state index is 0.254. The number of benzene rings is 1. The van der Waals surface area contributed by atoms with E-state index in [1.807, 2.05) is 57.5 Å². The molecule has 1 aromatic heterocycles. The highest BCUT2D eigenvalue weighted by molar-refractivity contribution is 6.39. The van der Waals surface area contributed by atoms with Crippen molar-refractivity contribution < 1.29 is 9.59 Å². The minimum atomic E-state index is -0.661. The van der Waals surface area contributed by atoms with Gasteiger partial charge in [0.1, 0.15) is 0 Å². The van der Waals surface area contributed by atoms with Crippen LogP contribution in [0.15, 0.2) is 24.3 Å². The second-order valence-electron chi connectivity index (χ2n) is 6.34. The van der Waals surface area contributed by atoms with E-state index in [1.54, 1.807) is 6.07 Å². The van der Waals surface area contributed by atoms with E-state index in [1.165, 1.54) is 0 Å². The quantitative estimate of drug-likeness (QED) is 0.820. The average Bonchev–Trinajstić information content (AvgIpc) is 2.86. The molecule has 1 aromatic carbocycles. The van der Waals surface area contributed by atoms with Gasteiger partial charge in [0.05, 0.1) is 5.69 Å². The lowest BCUT2D eigenvalue weighted by Crippen LogP contribution is -2.35. The summed E-state index contributed by atoms with van der Waals surface area (Å²) in [6.45, 7) is 11.0. The highest BCUT2D eigenvalue weighted by Crippen LogP contribution is 2.23. The first-order valence-corrected chi connectivity index (χ1v) is 8.56. The van der Waals surface area contributed by atoms with Gasteiger partial charge in [0.25, 0.3) is 0 Å². The molecule has 0 spiro atoms. The fraction of sp³-hybridized carbons (Fsp3) is 0.421. The van der Waals surface area contributed by atoms with Crippen LogP contribution in [-0.4, -0.2) is 21.6 Å². The van der Waals surface area contributed by atoms with Crippen molar-refractivity contribution in [1.29, 1.82) is 0 Å². The van der Waals surface area contributed by atoms with Gasteiger partial charge in [-0.1, -0.05) is 32.0 Å². The summed E-state index contributed by atoms with van der Waals surface area (Å²) >= 11 is 0. The third-order valence-electron chi connectivity index (χ3n) is 4.29. The number of hydrogen-bond acceptors (Lipinski definition) is 3. The molecule has 0 unspecified atom stereocenters. The molecule has 0 saturated heterocycles. The molecule has 2 N–H and O–H groups in total. The Morgan fingerprint density at radius 1 is 1.16 bits per heavy atom. The van der Waals surface area contributed by atoms with Crippen LogP contribution in [0.25, 0.3) is 0 Å². The molecule has 0 radical (unpaired) electrons. The minimum Gasteiger partial charge on any atom is -0.344 e. The molecule has 0 fully saturated rings. The molecule has 6 nitrogen and oxygen atoms in total. The number of carbonyl (C=O) groups excluding carboxylic acids is 2. The van der Waals surface area contributed by atoms with Crippen molar-refractivity contribution in [2.24, 2.45) is 0 Å². The Hall–Kier alpha value is -2.63. The van der Waals surface area contributed by atoms with Crippen molar-refractivity contribution >= 4 is 17.5 Å². The summed E-state index contributed by atoms with van der Waals surface area (Å²) in [5.41, 5.74) is 4.49. The van der Waals surface area contributed by atoms with Crippen LogP contribution >= 0.6 is 0 Å². The molecule has 2 rings (SSSR count). The normalized spacial score (nSPS) is 10.8. The van der Waals surface area contributed by atoms with Gasteiger partial charge in [-0.25, -0.2) is 0 Å². The van der Waals surface area contributed by atoms with Gasteiger partial charge in [-0.15, -0.1) is 0 Å². The highest BCUT2D eigenvalue weighted by Gasteiger charge is 2.18. The lowest BCUT2D eigenvalue weighted by molar-refractivity contribution is -0.136. The molecule has 6 heteroatoms. The molecule has 0 atom stereocenters. The predicted molar refractivity (Wildman–Crippen MR) is 98.4 cm³/mol. The fourth-order valence-corrected chi connectivity index (χ4v) is 2.84. The molecular formula is C19H26N4O2. The number of nitrogens with zero attached hydrogens (tertiary/aromatic N) is 2. The van der Waals surface area contributed by atoms with Gasteiger partial charge >= 0.3 is 11.8 Å². The highest BCUT2D eigenvalue weighted by atomic mass is 16.2. The van der Waals surface area contributed by atoms with Crippen LogP contribution in [0.2, 0.25) is 0 Å². The van der Waals surface area contributed by atoms with Gasteiger partial charge in [-0.05, 0) is 38.3 Å². The van der Waals surface area contributed by atoms with Crippen LogP contribution in [0.1, 0.15) is 49.2 Å². The number of anilines is 1. The van der Waals surface area contributed by atoms with Crippen LogP contribution < -0.4 is 10.6 Å². The summed E-state index contributed by atoms with van der Waals surface area (Å²) in [4.78, 5) is 24.3. The predicted octanol–water partition coefficient (Wildman–Crippen LogP) is 2.90. The van der Waals surface area contributed by atoms with Gasteiger partial charge in [-0.3, -0.25) is 14.3 Å². The fourth-order valence-electron chi connectivity index (χ4n) is 2.84. The Morgan fingerprint density at radius 2 is 1.84 bits per heavy atom. The van der Waals surface area contributed by atoms with Gasteiger partial charge in [0, 0.05) is 30.0 Å².